The summed E-state index contributed by atoms with van der Waals surface area (Å²) in [7, 11) is -3.40. The summed E-state index contributed by atoms with van der Waals surface area (Å²) in [6.45, 7) is 5.72. The molecule has 3 rings (SSSR count). The van der Waals surface area contributed by atoms with Gasteiger partial charge in [0.1, 0.15) is 0 Å². The molecule has 4 nitrogen and oxygen atoms in total. The van der Waals surface area contributed by atoms with Gasteiger partial charge in [-0.25, -0.2) is 8.42 Å². The lowest BCUT2D eigenvalue weighted by Crippen LogP contribution is -2.33. The zero-order valence-corrected chi connectivity index (χ0v) is 16.2. The fraction of sp³-hybridized carbons (Fsp3) is 0.263. The van der Waals surface area contributed by atoms with Crippen molar-refractivity contribution >= 4 is 42.8 Å². The Bertz CT molecular complexity index is 969. The van der Waals surface area contributed by atoms with Gasteiger partial charge in [0.2, 0.25) is 10.0 Å². The second-order valence-electron chi connectivity index (χ2n) is 6.94. The summed E-state index contributed by atoms with van der Waals surface area (Å²) in [5, 5.41) is 6.75. The van der Waals surface area contributed by atoms with Gasteiger partial charge in [0.05, 0.1) is 4.75 Å². The van der Waals surface area contributed by atoms with E-state index < -0.39 is 14.8 Å². The molecule has 0 saturated carbocycles. The zero-order valence-electron chi connectivity index (χ0n) is 14.5. The van der Waals surface area contributed by atoms with Crippen LogP contribution in [0.5, 0.6) is 0 Å². The van der Waals surface area contributed by atoms with Gasteiger partial charge in [-0.2, -0.15) is 0 Å². The molecule has 0 saturated heterocycles. The van der Waals surface area contributed by atoms with Gasteiger partial charge in [0.25, 0.3) is 0 Å². The predicted molar refractivity (Wildman–Crippen MR) is 108 cm³/mol. The highest BCUT2D eigenvalue weighted by Gasteiger charge is 2.28. The van der Waals surface area contributed by atoms with Crippen LogP contribution in [0.2, 0.25) is 0 Å². The minimum absolute atomic E-state index is 0.582. The van der Waals surface area contributed by atoms with Crippen molar-refractivity contribution in [3.05, 3.63) is 59.5 Å². The molecule has 1 aromatic heterocycles. The highest BCUT2D eigenvalue weighted by molar-refractivity contribution is 7.94. The van der Waals surface area contributed by atoms with E-state index in [1.807, 2.05) is 12.1 Å². The van der Waals surface area contributed by atoms with Gasteiger partial charge >= 0.3 is 0 Å². The molecule has 0 amide bonds. The lowest BCUT2D eigenvalue weighted by Gasteiger charge is -2.20. The summed E-state index contributed by atoms with van der Waals surface area (Å²) < 4.78 is 27.4. The first-order valence-electron chi connectivity index (χ1n) is 8.07. The first kappa shape index (κ1) is 17.8. The first-order chi connectivity index (χ1) is 11.7. The lowest BCUT2D eigenvalue weighted by molar-refractivity contribution is 0.566. The molecule has 0 bridgehead atoms. The van der Waals surface area contributed by atoms with E-state index in [1.54, 1.807) is 44.2 Å². The summed E-state index contributed by atoms with van der Waals surface area (Å²) >= 11 is 1.73. The average Bonchev–Trinajstić information content (AvgIpc) is 3.00. The van der Waals surface area contributed by atoms with E-state index >= 15 is 0 Å². The summed E-state index contributed by atoms with van der Waals surface area (Å²) in [5.74, 6) is 0. The van der Waals surface area contributed by atoms with Crippen LogP contribution >= 0.6 is 11.3 Å². The Morgan fingerprint density at radius 3 is 2.32 bits per heavy atom. The normalized spacial score (nSPS) is 12.3. The minimum Gasteiger partial charge on any atom is -0.381 e. The molecule has 0 aliphatic carbocycles. The fourth-order valence-electron chi connectivity index (χ4n) is 2.27. The highest BCUT2D eigenvalue weighted by Crippen LogP contribution is 2.25. The van der Waals surface area contributed by atoms with Gasteiger partial charge in [0, 0.05) is 22.6 Å². The maximum absolute atomic E-state index is 12.2. The van der Waals surface area contributed by atoms with Crippen molar-refractivity contribution < 1.29 is 8.42 Å². The quantitative estimate of drug-likeness (QED) is 0.657. The molecule has 0 aliphatic rings. The monoisotopic (exact) mass is 374 g/mol. The molecule has 132 valence electrons. The molecule has 0 fully saturated rings. The van der Waals surface area contributed by atoms with E-state index in [4.69, 9.17) is 0 Å². The van der Waals surface area contributed by atoms with Crippen molar-refractivity contribution in [3.8, 4) is 0 Å². The third-order valence-electron chi connectivity index (χ3n) is 3.97. The van der Waals surface area contributed by atoms with Gasteiger partial charge in [-0.3, -0.25) is 4.72 Å². The number of fused-ring (bicyclic) bond motifs is 1. The number of nitrogens with one attached hydrogen (secondary N) is 2. The maximum atomic E-state index is 12.2. The Kier molecular flexibility index (Phi) is 4.75. The van der Waals surface area contributed by atoms with Crippen LogP contribution < -0.4 is 10.0 Å². The van der Waals surface area contributed by atoms with Crippen LogP contribution in [0.1, 0.15) is 26.3 Å². The molecule has 0 spiro atoms. The van der Waals surface area contributed by atoms with Crippen molar-refractivity contribution in [2.24, 2.45) is 0 Å². The summed E-state index contributed by atoms with van der Waals surface area (Å²) in [6, 6.07) is 15.9. The number of thiophene rings is 1. The van der Waals surface area contributed by atoms with E-state index in [9.17, 15) is 8.42 Å². The van der Waals surface area contributed by atoms with E-state index in [0.29, 0.717) is 12.2 Å². The third kappa shape index (κ3) is 4.14. The van der Waals surface area contributed by atoms with E-state index in [1.165, 1.54) is 10.1 Å². The number of anilines is 2. The fourth-order valence-corrected chi connectivity index (χ4v) is 3.85. The van der Waals surface area contributed by atoms with Crippen LogP contribution in [0.15, 0.2) is 53.9 Å². The van der Waals surface area contributed by atoms with Crippen molar-refractivity contribution in [1.82, 2.24) is 0 Å². The second kappa shape index (κ2) is 6.69. The number of hydrogen-bond donors (Lipinski definition) is 2. The summed E-state index contributed by atoms with van der Waals surface area (Å²) in [5.41, 5.74) is 2.75. The van der Waals surface area contributed by atoms with Gasteiger partial charge in [-0.1, -0.05) is 18.2 Å². The molecular formula is C19H22N2O2S2. The van der Waals surface area contributed by atoms with Gasteiger partial charge < -0.3 is 5.32 Å². The van der Waals surface area contributed by atoms with Crippen LogP contribution in [0, 0.1) is 0 Å². The molecule has 2 N–H and O–H groups in total. The summed E-state index contributed by atoms with van der Waals surface area (Å²) in [4.78, 5) is 0. The molecule has 6 heteroatoms. The Morgan fingerprint density at radius 1 is 0.960 bits per heavy atom. The average molecular weight is 375 g/mol. The van der Waals surface area contributed by atoms with Gasteiger partial charge in [-0.15, -0.1) is 11.3 Å². The molecule has 1 heterocycles. The second-order valence-corrected chi connectivity index (χ2v) is 10.3. The zero-order chi connectivity index (χ0) is 18.1. The third-order valence-corrected chi connectivity index (χ3v) is 6.96. The number of benzene rings is 2. The smallest absolute Gasteiger partial charge is 0.237 e. The van der Waals surface area contributed by atoms with Gasteiger partial charge in [-0.05, 0) is 67.4 Å². The minimum atomic E-state index is -3.40. The maximum Gasteiger partial charge on any atom is 0.237 e. The van der Waals surface area contributed by atoms with E-state index in [-0.39, 0.29) is 0 Å². The van der Waals surface area contributed by atoms with Crippen molar-refractivity contribution in [2.45, 2.75) is 32.1 Å². The Hall–Kier alpha value is -2.05. The lowest BCUT2D eigenvalue weighted by atomic mass is 10.2. The van der Waals surface area contributed by atoms with Crippen LogP contribution in [-0.4, -0.2) is 13.2 Å². The number of sulfonamides is 1. The molecule has 25 heavy (non-hydrogen) atoms. The Labute approximate surface area is 152 Å². The van der Waals surface area contributed by atoms with E-state index in [2.05, 4.69) is 39.7 Å². The molecule has 0 aliphatic heterocycles. The molecule has 0 atom stereocenters. The first-order valence-corrected chi connectivity index (χ1v) is 10.4. The largest absolute Gasteiger partial charge is 0.381 e. The van der Waals surface area contributed by atoms with E-state index in [0.717, 1.165) is 11.3 Å². The Balaban J connectivity index is 1.64. The standard InChI is InChI=1S/C19H22N2O2S2/c1-19(2,3)25(22,23)21-16-7-4-14(5-8-16)13-20-17-9-6-15-10-11-24-18(15)12-17/h4-12,20-21H,13H2,1-3H3. The molecule has 3 aromatic rings. The van der Waals surface area contributed by atoms with Crippen LogP contribution in [0.4, 0.5) is 11.4 Å². The number of hydrogen-bond acceptors (Lipinski definition) is 4. The molecule has 0 unspecified atom stereocenters. The van der Waals surface area contributed by atoms with Gasteiger partial charge in [0.15, 0.2) is 0 Å². The topological polar surface area (TPSA) is 58.2 Å². The van der Waals surface area contributed by atoms with Crippen molar-refractivity contribution in [3.63, 3.8) is 0 Å². The van der Waals surface area contributed by atoms with Crippen LogP contribution in [0.25, 0.3) is 10.1 Å². The Morgan fingerprint density at radius 2 is 1.64 bits per heavy atom. The van der Waals surface area contributed by atoms with Crippen LogP contribution in [-0.2, 0) is 16.6 Å². The molecule has 0 radical (unpaired) electrons. The predicted octanol–water partition coefficient (Wildman–Crippen LogP) is 5.05. The van der Waals surface area contributed by atoms with Crippen LogP contribution in [0.3, 0.4) is 0 Å². The SMILES string of the molecule is CC(C)(C)S(=O)(=O)Nc1ccc(CNc2ccc3ccsc3c2)cc1. The highest BCUT2D eigenvalue weighted by atomic mass is 32.2. The molecule has 2 aromatic carbocycles. The summed E-state index contributed by atoms with van der Waals surface area (Å²) in [6.07, 6.45) is 0. The number of rotatable bonds is 5. The van der Waals surface area contributed by atoms with Crippen molar-refractivity contribution in [2.75, 3.05) is 10.0 Å². The molecular weight excluding hydrogens is 352 g/mol. The van der Waals surface area contributed by atoms with Crippen molar-refractivity contribution in [1.29, 1.82) is 0 Å².